The van der Waals surface area contributed by atoms with Crippen molar-refractivity contribution in [3.8, 4) is 5.75 Å². The SMILES string of the molecule is O=C(NC1(C(=O)O)CCOC1)C1COc2ccccc21. The second kappa shape index (κ2) is 4.79. The van der Waals surface area contributed by atoms with E-state index < -0.39 is 17.4 Å². The maximum absolute atomic E-state index is 12.4. The number of fused-ring (bicyclic) bond motifs is 1. The number of para-hydroxylation sites is 1. The molecule has 0 aromatic heterocycles. The molecule has 3 rings (SSSR count). The van der Waals surface area contributed by atoms with Gasteiger partial charge in [0.15, 0.2) is 5.54 Å². The van der Waals surface area contributed by atoms with Crippen LogP contribution in [0.5, 0.6) is 5.75 Å². The monoisotopic (exact) mass is 277 g/mol. The van der Waals surface area contributed by atoms with Gasteiger partial charge in [0.05, 0.1) is 6.61 Å². The van der Waals surface area contributed by atoms with E-state index in [-0.39, 0.29) is 25.5 Å². The van der Waals surface area contributed by atoms with E-state index in [0.717, 1.165) is 5.56 Å². The fourth-order valence-electron chi connectivity index (χ4n) is 2.59. The molecule has 1 aromatic carbocycles. The summed E-state index contributed by atoms with van der Waals surface area (Å²) in [6.45, 7) is 0.579. The summed E-state index contributed by atoms with van der Waals surface area (Å²) in [5, 5.41) is 12.0. The number of nitrogens with one attached hydrogen (secondary N) is 1. The van der Waals surface area contributed by atoms with Crippen LogP contribution in [-0.2, 0) is 14.3 Å². The highest BCUT2D eigenvalue weighted by Crippen LogP contribution is 2.34. The molecule has 2 N–H and O–H groups in total. The zero-order chi connectivity index (χ0) is 14.2. The van der Waals surface area contributed by atoms with E-state index >= 15 is 0 Å². The van der Waals surface area contributed by atoms with Crippen LogP contribution >= 0.6 is 0 Å². The van der Waals surface area contributed by atoms with Gasteiger partial charge in [-0.05, 0) is 6.07 Å². The van der Waals surface area contributed by atoms with Crippen LogP contribution in [-0.4, -0.2) is 42.3 Å². The Morgan fingerprint density at radius 1 is 1.35 bits per heavy atom. The van der Waals surface area contributed by atoms with Gasteiger partial charge in [-0.15, -0.1) is 0 Å². The van der Waals surface area contributed by atoms with Crippen LogP contribution in [0.25, 0.3) is 0 Å². The molecule has 106 valence electrons. The first-order chi connectivity index (χ1) is 9.62. The highest BCUT2D eigenvalue weighted by Gasteiger charge is 2.45. The molecular formula is C14H15NO5. The van der Waals surface area contributed by atoms with Crippen molar-refractivity contribution in [3.63, 3.8) is 0 Å². The zero-order valence-electron chi connectivity index (χ0n) is 10.8. The maximum Gasteiger partial charge on any atom is 0.331 e. The smallest absolute Gasteiger partial charge is 0.331 e. The molecule has 2 heterocycles. The van der Waals surface area contributed by atoms with Crippen LogP contribution < -0.4 is 10.1 Å². The Morgan fingerprint density at radius 2 is 2.15 bits per heavy atom. The third kappa shape index (κ3) is 2.02. The molecule has 1 saturated heterocycles. The van der Waals surface area contributed by atoms with E-state index in [4.69, 9.17) is 9.47 Å². The molecular weight excluding hydrogens is 262 g/mol. The first kappa shape index (κ1) is 12.9. The van der Waals surface area contributed by atoms with E-state index in [1.54, 1.807) is 6.07 Å². The molecule has 6 nitrogen and oxygen atoms in total. The second-order valence-corrected chi connectivity index (χ2v) is 5.08. The Morgan fingerprint density at radius 3 is 2.85 bits per heavy atom. The molecule has 2 aliphatic heterocycles. The van der Waals surface area contributed by atoms with Crippen LogP contribution in [0.3, 0.4) is 0 Å². The normalized spacial score (nSPS) is 27.7. The summed E-state index contributed by atoms with van der Waals surface area (Å²) in [5.41, 5.74) is -0.515. The average molecular weight is 277 g/mol. The van der Waals surface area contributed by atoms with Crippen LogP contribution in [0.4, 0.5) is 0 Å². The molecule has 0 radical (unpaired) electrons. The van der Waals surface area contributed by atoms with Gasteiger partial charge in [0.2, 0.25) is 5.91 Å². The van der Waals surface area contributed by atoms with E-state index in [0.29, 0.717) is 12.4 Å². The van der Waals surface area contributed by atoms with Crippen molar-refractivity contribution in [1.29, 1.82) is 0 Å². The van der Waals surface area contributed by atoms with Crippen molar-refractivity contribution >= 4 is 11.9 Å². The van der Waals surface area contributed by atoms with Crippen molar-refractivity contribution in [2.75, 3.05) is 19.8 Å². The van der Waals surface area contributed by atoms with Gasteiger partial charge in [-0.25, -0.2) is 4.79 Å². The number of carbonyl (C=O) groups excluding carboxylic acids is 1. The van der Waals surface area contributed by atoms with Crippen LogP contribution in [0, 0.1) is 0 Å². The first-order valence-corrected chi connectivity index (χ1v) is 6.47. The van der Waals surface area contributed by atoms with Crippen molar-refractivity contribution in [2.45, 2.75) is 17.9 Å². The molecule has 0 spiro atoms. The number of carbonyl (C=O) groups is 2. The molecule has 0 saturated carbocycles. The predicted octanol–water partition coefficient (Wildman–Crippen LogP) is 0.522. The molecule has 2 atom stereocenters. The topological polar surface area (TPSA) is 84.9 Å². The van der Waals surface area contributed by atoms with Gasteiger partial charge in [-0.2, -0.15) is 0 Å². The van der Waals surface area contributed by atoms with Gasteiger partial charge >= 0.3 is 5.97 Å². The number of aliphatic carboxylic acids is 1. The summed E-state index contributed by atoms with van der Waals surface area (Å²) in [5.74, 6) is -1.18. The fraction of sp³-hybridized carbons (Fsp3) is 0.429. The van der Waals surface area contributed by atoms with Crippen molar-refractivity contribution in [2.24, 2.45) is 0 Å². The Balaban J connectivity index is 1.79. The lowest BCUT2D eigenvalue weighted by Gasteiger charge is -2.25. The molecule has 20 heavy (non-hydrogen) atoms. The van der Waals surface area contributed by atoms with Gasteiger partial charge in [0.25, 0.3) is 0 Å². The summed E-state index contributed by atoms with van der Waals surface area (Å²) >= 11 is 0. The van der Waals surface area contributed by atoms with E-state index in [1.165, 1.54) is 0 Å². The third-order valence-electron chi connectivity index (χ3n) is 3.81. The van der Waals surface area contributed by atoms with Crippen molar-refractivity contribution in [3.05, 3.63) is 29.8 Å². The number of ether oxygens (including phenoxy) is 2. The van der Waals surface area contributed by atoms with Crippen LogP contribution in [0.1, 0.15) is 17.9 Å². The van der Waals surface area contributed by atoms with E-state index in [9.17, 15) is 14.7 Å². The summed E-state index contributed by atoms with van der Waals surface area (Å²) in [7, 11) is 0. The molecule has 2 unspecified atom stereocenters. The summed E-state index contributed by atoms with van der Waals surface area (Å²) in [6.07, 6.45) is 0.281. The Bertz CT molecular complexity index is 550. The van der Waals surface area contributed by atoms with Crippen molar-refractivity contribution in [1.82, 2.24) is 5.32 Å². The second-order valence-electron chi connectivity index (χ2n) is 5.08. The quantitative estimate of drug-likeness (QED) is 0.841. The standard InChI is InChI=1S/C14H15NO5/c16-12(15-14(13(17)18)5-6-19-8-14)10-7-20-11-4-2-1-3-9(10)11/h1-4,10H,5-8H2,(H,15,16)(H,17,18). The Kier molecular flexibility index (Phi) is 3.10. The minimum Gasteiger partial charge on any atom is -0.492 e. The largest absolute Gasteiger partial charge is 0.492 e. The highest BCUT2D eigenvalue weighted by atomic mass is 16.5. The zero-order valence-corrected chi connectivity index (χ0v) is 10.8. The number of hydrogen-bond donors (Lipinski definition) is 2. The molecule has 1 fully saturated rings. The number of carboxylic acid groups (broad SMARTS) is 1. The molecule has 0 aliphatic carbocycles. The number of benzene rings is 1. The molecule has 2 aliphatic rings. The van der Waals surface area contributed by atoms with Gasteiger partial charge in [-0.1, -0.05) is 18.2 Å². The highest BCUT2D eigenvalue weighted by molar-refractivity contribution is 5.91. The minimum atomic E-state index is -1.31. The molecule has 6 heteroatoms. The van der Waals surface area contributed by atoms with Gasteiger partial charge < -0.3 is 19.9 Å². The Labute approximate surface area is 115 Å². The summed E-state index contributed by atoms with van der Waals surface area (Å²) in [6, 6.07) is 7.29. The van der Waals surface area contributed by atoms with Crippen molar-refractivity contribution < 1.29 is 24.2 Å². The number of amides is 1. The first-order valence-electron chi connectivity index (χ1n) is 6.47. The molecule has 0 bridgehead atoms. The predicted molar refractivity (Wildman–Crippen MR) is 68.6 cm³/mol. The maximum atomic E-state index is 12.4. The lowest BCUT2D eigenvalue weighted by Crippen LogP contribution is -2.56. The third-order valence-corrected chi connectivity index (χ3v) is 3.81. The number of rotatable bonds is 3. The summed E-state index contributed by atoms with van der Waals surface area (Å²) < 4.78 is 10.6. The molecule has 1 amide bonds. The van der Waals surface area contributed by atoms with Gasteiger partial charge in [0, 0.05) is 18.6 Å². The fourth-order valence-corrected chi connectivity index (χ4v) is 2.59. The lowest BCUT2D eigenvalue weighted by molar-refractivity contribution is -0.147. The Hall–Kier alpha value is -2.08. The van der Waals surface area contributed by atoms with Gasteiger partial charge in [0.1, 0.15) is 18.3 Å². The summed E-state index contributed by atoms with van der Waals surface area (Å²) in [4.78, 5) is 23.8. The number of carboxylic acids is 1. The lowest BCUT2D eigenvalue weighted by atomic mass is 9.95. The van der Waals surface area contributed by atoms with Crippen LogP contribution in [0.15, 0.2) is 24.3 Å². The van der Waals surface area contributed by atoms with E-state index in [2.05, 4.69) is 5.32 Å². The average Bonchev–Trinajstić information content (AvgIpc) is 3.05. The van der Waals surface area contributed by atoms with E-state index in [1.807, 2.05) is 18.2 Å². The van der Waals surface area contributed by atoms with Crippen LogP contribution in [0.2, 0.25) is 0 Å². The number of hydrogen-bond acceptors (Lipinski definition) is 4. The minimum absolute atomic E-state index is 0.00327. The molecule has 1 aromatic rings. The van der Waals surface area contributed by atoms with Gasteiger partial charge in [-0.3, -0.25) is 4.79 Å².